The number of hydrogen-bond donors (Lipinski definition) is 0. The SMILES string of the molecule is CC1CC2CCCCC2[N+]1(C)C. The van der Waals surface area contributed by atoms with Crippen molar-refractivity contribution in [3.05, 3.63) is 0 Å². The Kier molecular flexibility index (Phi) is 1.95. The van der Waals surface area contributed by atoms with E-state index in [1.54, 1.807) is 0 Å². The van der Waals surface area contributed by atoms with Crippen LogP contribution in [-0.4, -0.2) is 30.7 Å². The Morgan fingerprint density at radius 2 is 1.75 bits per heavy atom. The first kappa shape index (κ1) is 8.55. The molecule has 70 valence electrons. The molecule has 0 aromatic heterocycles. The molecule has 3 unspecified atom stereocenters. The van der Waals surface area contributed by atoms with Gasteiger partial charge < -0.3 is 4.48 Å². The van der Waals surface area contributed by atoms with Crippen molar-refractivity contribution in [2.24, 2.45) is 5.92 Å². The van der Waals surface area contributed by atoms with E-state index in [0.29, 0.717) is 0 Å². The molecular formula is C11H22N+. The van der Waals surface area contributed by atoms with Gasteiger partial charge in [0.15, 0.2) is 0 Å². The van der Waals surface area contributed by atoms with Crippen molar-refractivity contribution in [1.29, 1.82) is 0 Å². The van der Waals surface area contributed by atoms with E-state index in [9.17, 15) is 0 Å². The predicted octanol–water partition coefficient (Wildman–Crippen LogP) is 2.41. The number of quaternary nitrogens is 1. The molecule has 0 N–H and O–H groups in total. The summed E-state index contributed by atoms with van der Waals surface area (Å²) in [5.41, 5.74) is 0. The summed E-state index contributed by atoms with van der Waals surface area (Å²) < 4.78 is 1.30. The molecule has 1 aliphatic carbocycles. The minimum absolute atomic E-state index is 0.901. The van der Waals surface area contributed by atoms with Gasteiger partial charge in [0.1, 0.15) is 0 Å². The summed E-state index contributed by atoms with van der Waals surface area (Å²) in [6.07, 6.45) is 7.46. The molecule has 2 aliphatic rings. The van der Waals surface area contributed by atoms with E-state index in [-0.39, 0.29) is 0 Å². The smallest absolute Gasteiger partial charge is 0.0918 e. The Bertz CT molecular complexity index is 174. The van der Waals surface area contributed by atoms with Gasteiger partial charge in [-0.25, -0.2) is 0 Å². The molecule has 1 heterocycles. The average molecular weight is 168 g/mol. The van der Waals surface area contributed by atoms with E-state index in [4.69, 9.17) is 0 Å². The van der Waals surface area contributed by atoms with Gasteiger partial charge in [0, 0.05) is 12.3 Å². The van der Waals surface area contributed by atoms with Crippen LogP contribution >= 0.6 is 0 Å². The lowest BCUT2D eigenvalue weighted by Crippen LogP contribution is -2.50. The van der Waals surface area contributed by atoms with Crippen LogP contribution in [0.2, 0.25) is 0 Å². The average Bonchev–Trinajstić information content (AvgIpc) is 2.25. The van der Waals surface area contributed by atoms with Crippen molar-refractivity contribution in [2.45, 2.75) is 51.1 Å². The Morgan fingerprint density at radius 3 is 2.42 bits per heavy atom. The topological polar surface area (TPSA) is 0 Å². The third-order valence-corrected chi connectivity index (χ3v) is 4.50. The van der Waals surface area contributed by atoms with E-state index in [1.165, 1.54) is 36.6 Å². The highest BCUT2D eigenvalue weighted by molar-refractivity contribution is 4.84. The lowest BCUT2D eigenvalue weighted by Gasteiger charge is -2.39. The molecule has 2 rings (SSSR count). The first-order valence-corrected chi connectivity index (χ1v) is 5.45. The molecule has 0 spiro atoms. The zero-order valence-corrected chi connectivity index (χ0v) is 8.71. The highest BCUT2D eigenvalue weighted by atomic mass is 15.4. The number of hydrogen-bond acceptors (Lipinski definition) is 0. The van der Waals surface area contributed by atoms with Gasteiger partial charge in [0.2, 0.25) is 0 Å². The van der Waals surface area contributed by atoms with Crippen molar-refractivity contribution in [3.63, 3.8) is 0 Å². The molecule has 1 saturated carbocycles. The van der Waals surface area contributed by atoms with Gasteiger partial charge in [-0.2, -0.15) is 0 Å². The molecule has 1 aliphatic heterocycles. The number of fused-ring (bicyclic) bond motifs is 1. The van der Waals surface area contributed by atoms with Gasteiger partial charge >= 0.3 is 0 Å². The highest BCUT2D eigenvalue weighted by Gasteiger charge is 2.47. The van der Waals surface area contributed by atoms with Crippen molar-refractivity contribution >= 4 is 0 Å². The van der Waals surface area contributed by atoms with Crippen LogP contribution in [0.3, 0.4) is 0 Å². The molecule has 2 fully saturated rings. The van der Waals surface area contributed by atoms with Crippen molar-refractivity contribution < 1.29 is 4.48 Å². The lowest BCUT2D eigenvalue weighted by molar-refractivity contribution is -0.925. The Hall–Kier alpha value is -0.0400. The number of rotatable bonds is 0. The third kappa shape index (κ3) is 1.10. The molecule has 0 amide bonds. The summed E-state index contributed by atoms with van der Waals surface area (Å²) in [5, 5.41) is 0. The standard InChI is InChI=1S/C11H22N/c1-9-8-10-6-4-5-7-11(10)12(9,2)3/h9-11H,4-8H2,1-3H3/q+1. The minimum Gasteiger partial charge on any atom is -0.324 e. The van der Waals surface area contributed by atoms with Gasteiger partial charge in [-0.05, 0) is 26.2 Å². The van der Waals surface area contributed by atoms with Crippen LogP contribution in [0.25, 0.3) is 0 Å². The maximum absolute atomic E-state index is 2.43. The summed E-state index contributed by atoms with van der Waals surface area (Å²) in [4.78, 5) is 0. The predicted molar refractivity (Wildman–Crippen MR) is 51.9 cm³/mol. The van der Waals surface area contributed by atoms with E-state index in [1.807, 2.05) is 0 Å². The molecular weight excluding hydrogens is 146 g/mol. The van der Waals surface area contributed by atoms with Crippen molar-refractivity contribution in [1.82, 2.24) is 0 Å². The maximum Gasteiger partial charge on any atom is 0.0918 e. The monoisotopic (exact) mass is 168 g/mol. The zero-order valence-electron chi connectivity index (χ0n) is 8.71. The fraction of sp³-hybridized carbons (Fsp3) is 1.00. The number of likely N-dealkylation sites (tertiary alicyclic amines) is 1. The second kappa shape index (κ2) is 2.73. The van der Waals surface area contributed by atoms with E-state index < -0.39 is 0 Å². The maximum atomic E-state index is 2.43. The molecule has 1 heteroatoms. The largest absolute Gasteiger partial charge is 0.324 e. The molecule has 1 nitrogen and oxygen atoms in total. The number of nitrogens with zero attached hydrogens (tertiary/aromatic N) is 1. The van der Waals surface area contributed by atoms with Gasteiger partial charge in [0.05, 0.1) is 26.2 Å². The molecule has 3 atom stereocenters. The summed E-state index contributed by atoms with van der Waals surface area (Å²) in [6.45, 7) is 2.43. The van der Waals surface area contributed by atoms with Crippen molar-refractivity contribution in [2.75, 3.05) is 14.1 Å². The first-order valence-electron chi connectivity index (χ1n) is 5.45. The van der Waals surface area contributed by atoms with Crippen LogP contribution in [0.1, 0.15) is 39.0 Å². The Labute approximate surface area is 76.3 Å². The van der Waals surface area contributed by atoms with Gasteiger partial charge in [-0.3, -0.25) is 0 Å². The zero-order chi connectivity index (χ0) is 8.77. The molecule has 0 aromatic rings. The van der Waals surface area contributed by atoms with Crippen LogP contribution in [0.4, 0.5) is 0 Å². The van der Waals surface area contributed by atoms with E-state index in [0.717, 1.165) is 18.0 Å². The van der Waals surface area contributed by atoms with Crippen molar-refractivity contribution in [3.8, 4) is 0 Å². The van der Waals surface area contributed by atoms with Crippen LogP contribution in [0.15, 0.2) is 0 Å². The quantitative estimate of drug-likeness (QED) is 0.487. The van der Waals surface area contributed by atoms with E-state index >= 15 is 0 Å². The second-order valence-corrected chi connectivity index (χ2v) is 5.33. The molecule has 12 heavy (non-hydrogen) atoms. The van der Waals surface area contributed by atoms with E-state index in [2.05, 4.69) is 21.0 Å². The van der Waals surface area contributed by atoms with Crippen LogP contribution < -0.4 is 0 Å². The van der Waals surface area contributed by atoms with Crippen LogP contribution in [0.5, 0.6) is 0 Å². The fourth-order valence-corrected chi connectivity index (χ4v) is 3.38. The normalized spacial score (nSPS) is 45.8. The Balaban J connectivity index is 2.16. The minimum atomic E-state index is 0.901. The van der Waals surface area contributed by atoms with Gasteiger partial charge in [0.25, 0.3) is 0 Å². The molecule has 0 radical (unpaired) electrons. The summed E-state index contributed by atoms with van der Waals surface area (Å²) in [7, 11) is 4.86. The third-order valence-electron chi connectivity index (χ3n) is 4.50. The summed E-state index contributed by atoms with van der Waals surface area (Å²) in [6, 6.07) is 1.90. The highest BCUT2D eigenvalue weighted by Crippen LogP contribution is 2.42. The summed E-state index contributed by atoms with van der Waals surface area (Å²) in [5.74, 6) is 1.06. The fourth-order valence-electron chi connectivity index (χ4n) is 3.38. The molecule has 0 bridgehead atoms. The lowest BCUT2D eigenvalue weighted by atomic mass is 9.84. The second-order valence-electron chi connectivity index (χ2n) is 5.33. The van der Waals surface area contributed by atoms with Crippen LogP contribution in [0, 0.1) is 5.92 Å². The first-order chi connectivity index (χ1) is 5.62. The molecule has 1 saturated heterocycles. The summed E-state index contributed by atoms with van der Waals surface area (Å²) >= 11 is 0. The Morgan fingerprint density at radius 1 is 1.08 bits per heavy atom. The molecule has 0 aromatic carbocycles. The van der Waals surface area contributed by atoms with Gasteiger partial charge in [-0.15, -0.1) is 0 Å². The van der Waals surface area contributed by atoms with Crippen LogP contribution in [-0.2, 0) is 0 Å². The van der Waals surface area contributed by atoms with Gasteiger partial charge in [-0.1, -0.05) is 6.42 Å².